The minimum absolute atomic E-state index is 0.0432. The molecule has 24 heavy (non-hydrogen) atoms. The lowest BCUT2D eigenvalue weighted by Crippen LogP contribution is -2.36. The van der Waals surface area contributed by atoms with E-state index in [2.05, 4.69) is 5.32 Å². The number of carbonyl (C=O) groups is 3. The predicted octanol–water partition coefficient (Wildman–Crippen LogP) is 1.90. The van der Waals surface area contributed by atoms with Crippen molar-refractivity contribution in [1.82, 2.24) is 4.90 Å². The van der Waals surface area contributed by atoms with Crippen LogP contribution in [0.2, 0.25) is 0 Å². The third-order valence-corrected chi connectivity index (χ3v) is 5.16. The standard InChI is InChI=1S/C18H22N2O4/c1-18(17(23)24)8-9-20(11-18)15(21)7-6-13-10-12-4-2-3-5-14(12)19-16(13)22/h2-5,13H,6-11H2,1H3,(H,19,22)(H,23,24)/t13-,18-/m1/s1. The molecule has 2 aliphatic heterocycles. The number of rotatable bonds is 4. The van der Waals surface area contributed by atoms with Crippen molar-refractivity contribution < 1.29 is 19.5 Å². The van der Waals surface area contributed by atoms with E-state index in [4.69, 9.17) is 0 Å². The van der Waals surface area contributed by atoms with Crippen LogP contribution in [0.5, 0.6) is 0 Å². The zero-order chi connectivity index (χ0) is 17.3. The van der Waals surface area contributed by atoms with Crippen LogP contribution < -0.4 is 5.32 Å². The maximum atomic E-state index is 12.4. The number of aliphatic carboxylic acids is 1. The molecule has 0 radical (unpaired) electrons. The van der Waals surface area contributed by atoms with Gasteiger partial charge in [0.15, 0.2) is 0 Å². The molecule has 0 bridgehead atoms. The van der Waals surface area contributed by atoms with Crippen molar-refractivity contribution in [3.05, 3.63) is 29.8 Å². The van der Waals surface area contributed by atoms with Crippen LogP contribution in [-0.4, -0.2) is 40.9 Å². The Hall–Kier alpha value is -2.37. The lowest BCUT2D eigenvalue weighted by Gasteiger charge is -2.25. The number of likely N-dealkylation sites (tertiary alicyclic amines) is 1. The third kappa shape index (κ3) is 3.13. The minimum atomic E-state index is -0.860. The summed E-state index contributed by atoms with van der Waals surface area (Å²) in [5, 5.41) is 12.1. The second-order valence-corrected chi connectivity index (χ2v) is 7.02. The van der Waals surface area contributed by atoms with Crippen molar-refractivity contribution in [2.24, 2.45) is 11.3 Å². The van der Waals surface area contributed by atoms with Crippen LogP contribution in [0.15, 0.2) is 24.3 Å². The number of anilines is 1. The molecule has 2 N–H and O–H groups in total. The first-order valence-electron chi connectivity index (χ1n) is 8.29. The maximum Gasteiger partial charge on any atom is 0.311 e. The molecule has 0 unspecified atom stereocenters. The van der Waals surface area contributed by atoms with Gasteiger partial charge in [-0.2, -0.15) is 0 Å². The van der Waals surface area contributed by atoms with Gasteiger partial charge in [-0.15, -0.1) is 0 Å². The van der Waals surface area contributed by atoms with E-state index in [1.807, 2.05) is 24.3 Å². The summed E-state index contributed by atoms with van der Waals surface area (Å²) in [5.74, 6) is -1.18. The number of benzene rings is 1. The molecule has 0 aliphatic carbocycles. The van der Waals surface area contributed by atoms with Gasteiger partial charge in [-0.1, -0.05) is 18.2 Å². The Bertz CT molecular complexity index is 687. The Kier molecular flexibility index (Phi) is 4.30. The third-order valence-electron chi connectivity index (χ3n) is 5.16. The maximum absolute atomic E-state index is 12.4. The highest BCUT2D eigenvalue weighted by Gasteiger charge is 2.42. The van der Waals surface area contributed by atoms with E-state index in [0.29, 0.717) is 25.8 Å². The fourth-order valence-corrected chi connectivity index (χ4v) is 3.45. The molecule has 2 amide bonds. The van der Waals surface area contributed by atoms with Gasteiger partial charge in [0.05, 0.1) is 5.41 Å². The summed E-state index contributed by atoms with van der Waals surface area (Å²) in [6.45, 7) is 2.40. The molecule has 3 rings (SSSR count). The second kappa shape index (κ2) is 6.26. The highest BCUT2D eigenvalue weighted by Crippen LogP contribution is 2.31. The van der Waals surface area contributed by atoms with E-state index in [-0.39, 0.29) is 30.7 Å². The summed E-state index contributed by atoms with van der Waals surface area (Å²) >= 11 is 0. The Balaban J connectivity index is 1.56. The number of hydrogen-bond acceptors (Lipinski definition) is 3. The van der Waals surface area contributed by atoms with Crippen molar-refractivity contribution in [3.8, 4) is 0 Å². The molecule has 0 aromatic heterocycles. The van der Waals surface area contributed by atoms with Crippen molar-refractivity contribution in [2.45, 2.75) is 32.6 Å². The van der Waals surface area contributed by atoms with Crippen LogP contribution in [0, 0.1) is 11.3 Å². The first kappa shape index (κ1) is 16.5. The van der Waals surface area contributed by atoms with E-state index in [9.17, 15) is 19.5 Å². The number of fused-ring (bicyclic) bond motifs is 1. The topological polar surface area (TPSA) is 86.7 Å². The lowest BCUT2D eigenvalue weighted by atomic mass is 9.89. The van der Waals surface area contributed by atoms with Crippen LogP contribution in [0.3, 0.4) is 0 Å². The van der Waals surface area contributed by atoms with Gasteiger partial charge in [-0.05, 0) is 37.8 Å². The van der Waals surface area contributed by atoms with E-state index < -0.39 is 11.4 Å². The van der Waals surface area contributed by atoms with Crippen molar-refractivity contribution >= 4 is 23.5 Å². The highest BCUT2D eigenvalue weighted by atomic mass is 16.4. The van der Waals surface area contributed by atoms with E-state index in [0.717, 1.165) is 11.3 Å². The highest BCUT2D eigenvalue weighted by molar-refractivity contribution is 5.96. The summed E-state index contributed by atoms with van der Waals surface area (Å²) < 4.78 is 0. The molecule has 1 fully saturated rings. The molecule has 0 saturated carbocycles. The molecular weight excluding hydrogens is 308 g/mol. The van der Waals surface area contributed by atoms with Gasteiger partial charge in [0.2, 0.25) is 11.8 Å². The van der Waals surface area contributed by atoms with Crippen LogP contribution in [0.4, 0.5) is 5.69 Å². The first-order chi connectivity index (χ1) is 11.4. The number of carboxylic acids is 1. The predicted molar refractivity (Wildman–Crippen MR) is 88.4 cm³/mol. The van der Waals surface area contributed by atoms with Crippen molar-refractivity contribution in [3.63, 3.8) is 0 Å². The Morgan fingerprint density at radius 1 is 1.38 bits per heavy atom. The van der Waals surface area contributed by atoms with Gasteiger partial charge in [0, 0.05) is 31.1 Å². The number of amides is 2. The monoisotopic (exact) mass is 330 g/mol. The zero-order valence-corrected chi connectivity index (χ0v) is 13.7. The molecule has 2 atom stereocenters. The van der Waals surface area contributed by atoms with Crippen molar-refractivity contribution in [1.29, 1.82) is 0 Å². The van der Waals surface area contributed by atoms with Crippen LogP contribution in [-0.2, 0) is 20.8 Å². The summed E-state index contributed by atoms with van der Waals surface area (Å²) in [7, 11) is 0. The number of hydrogen-bond donors (Lipinski definition) is 2. The Labute approximate surface area is 140 Å². The van der Waals surface area contributed by atoms with Crippen LogP contribution in [0.1, 0.15) is 31.7 Å². The van der Waals surface area contributed by atoms with E-state index in [1.165, 1.54) is 0 Å². The molecule has 2 heterocycles. The number of carbonyl (C=O) groups excluding carboxylic acids is 2. The summed E-state index contributed by atoms with van der Waals surface area (Å²) in [4.78, 5) is 37.4. The van der Waals surface area contributed by atoms with Crippen LogP contribution >= 0.6 is 0 Å². The Morgan fingerprint density at radius 3 is 2.83 bits per heavy atom. The molecule has 128 valence electrons. The first-order valence-corrected chi connectivity index (χ1v) is 8.29. The van der Waals surface area contributed by atoms with Gasteiger partial charge >= 0.3 is 5.97 Å². The molecule has 1 saturated heterocycles. The van der Waals surface area contributed by atoms with Gasteiger partial charge in [0.25, 0.3) is 0 Å². The van der Waals surface area contributed by atoms with Gasteiger partial charge in [-0.3, -0.25) is 14.4 Å². The van der Waals surface area contributed by atoms with Crippen LogP contribution in [0.25, 0.3) is 0 Å². The zero-order valence-electron chi connectivity index (χ0n) is 13.7. The van der Waals surface area contributed by atoms with Gasteiger partial charge < -0.3 is 15.3 Å². The number of nitrogens with zero attached hydrogens (tertiary/aromatic N) is 1. The number of para-hydroxylation sites is 1. The largest absolute Gasteiger partial charge is 0.481 e. The summed E-state index contributed by atoms with van der Waals surface area (Å²) in [6, 6.07) is 7.69. The van der Waals surface area contributed by atoms with Gasteiger partial charge in [0.1, 0.15) is 0 Å². The lowest BCUT2D eigenvalue weighted by molar-refractivity contribution is -0.147. The molecule has 0 spiro atoms. The molecular formula is C18H22N2O4. The quantitative estimate of drug-likeness (QED) is 0.883. The fraction of sp³-hybridized carbons (Fsp3) is 0.500. The van der Waals surface area contributed by atoms with Crippen molar-refractivity contribution in [2.75, 3.05) is 18.4 Å². The Morgan fingerprint density at radius 2 is 2.12 bits per heavy atom. The number of carboxylic acid groups (broad SMARTS) is 1. The normalized spacial score (nSPS) is 26.0. The second-order valence-electron chi connectivity index (χ2n) is 7.02. The average Bonchev–Trinajstić information content (AvgIpc) is 2.96. The fourth-order valence-electron chi connectivity index (χ4n) is 3.45. The molecule has 1 aromatic carbocycles. The van der Waals surface area contributed by atoms with E-state index in [1.54, 1.807) is 11.8 Å². The van der Waals surface area contributed by atoms with E-state index >= 15 is 0 Å². The summed E-state index contributed by atoms with van der Waals surface area (Å²) in [5.41, 5.74) is 1.09. The smallest absolute Gasteiger partial charge is 0.311 e. The van der Waals surface area contributed by atoms with Gasteiger partial charge in [-0.25, -0.2) is 0 Å². The average molecular weight is 330 g/mol. The molecule has 6 nitrogen and oxygen atoms in total. The summed E-state index contributed by atoms with van der Waals surface area (Å²) in [6.07, 6.45) is 1.88. The number of nitrogens with one attached hydrogen (secondary N) is 1. The SMILES string of the molecule is C[C@@]1(C(=O)O)CCN(C(=O)CC[C@@H]2Cc3ccccc3NC2=O)C1. The molecule has 2 aliphatic rings. The molecule has 6 heteroatoms. The molecule has 1 aromatic rings. The minimum Gasteiger partial charge on any atom is -0.481 e.